The van der Waals surface area contributed by atoms with Gasteiger partial charge in [0.25, 0.3) is 0 Å². The molecule has 0 amide bonds. The highest BCUT2D eigenvalue weighted by Gasteiger charge is 2.63. The second-order valence-electron chi connectivity index (χ2n) is 6.63. The highest BCUT2D eigenvalue weighted by molar-refractivity contribution is 5.62. The van der Waals surface area contributed by atoms with Crippen molar-refractivity contribution in [1.82, 2.24) is 5.32 Å². The Balaban J connectivity index is 1.84. The van der Waals surface area contributed by atoms with Crippen molar-refractivity contribution in [3.8, 4) is 11.5 Å². The molecule has 0 saturated carbocycles. The molecule has 1 unspecified atom stereocenters. The maximum absolute atomic E-state index is 10.5. The summed E-state index contributed by atoms with van der Waals surface area (Å²) < 4.78 is 11.8. The fourth-order valence-corrected chi connectivity index (χ4v) is 5.13. The maximum atomic E-state index is 10.5. The number of hydrogen-bond donors (Lipinski definition) is 2. The van der Waals surface area contributed by atoms with Crippen LogP contribution in [0.2, 0.25) is 0 Å². The molecule has 21 heavy (non-hydrogen) atoms. The largest absolute Gasteiger partial charge is 0.493 e. The van der Waals surface area contributed by atoms with Crippen LogP contribution in [0.3, 0.4) is 0 Å². The molecule has 5 rings (SSSR count). The number of methoxy groups -OCH3 is 1. The average molecular weight is 285 g/mol. The van der Waals surface area contributed by atoms with Gasteiger partial charge in [0.1, 0.15) is 12.2 Å². The second kappa shape index (κ2) is 3.81. The van der Waals surface area contributed by atoms with E-state index in [9.17, 15) is 5.11 Å². The van der Waals surface area contributed by atoms with E-state index in [1.165, 1.54) is 11.1 Å². The van der Waals surface area contributed by atoms with Gasteiger partial charge in [0.2, 0.25) is 0 Å². The number of nitrogens with one attached hydrogen (secondary N) is 1. The lowest BCUT2D eigenvalue weighted by molar-refractivity contribution is -0.0177. The Morgan fingerprint density at radius 2 is 2.29 bits per heavy atom. The molecule has 2 N–H and O–H groups in total. The fourth-order valence-electron chi connectivity index (χ4n) is 5.13. The molecule has 5 atom stereocenters. The van der Waals surface area contributed by atoms with E-state index in [0.717, 1.165) is 30.9 Å². The lowest BCUT2D eigenvalue weighted by Crippen LogP contribution is -2.64. The third kappa shape index (κ3) is 1.25. The van der Waals surface area contributed by atoms with Crippen molar-refractivity contribution in [2.24, 2.45) is 5.92 Å². The van der Waals surface area contributed by atoms with Gasteiger partial charge in [-0.15, -0.1) is 0 Å². The molecule has 1 fully saturated rings. The monoisotopic (exact) mass is 285 g/mol. The zero-order chi connectivity index (χ0) is 14.2. The van der Waals surface area contributed by atoms with Gasteiger partial charge in [0, 0.05) is 22.9 Å². The predicted molar refractivity (Wildman–Crippen MR) is 77.8 cm³/mol. The second-order valence-corrected chi connectivity index (χ2v) is 6.63. The Kier molecular flexibility index (Phi) is 2.19. The molecule has 110 valence electrons. The minimum atomic E-state index is -0.539. The fraction of sp³-hybridized carbons (Fsp3) is 0.529. The maximum Gasteiger partial charge on any atom is 0.165 e. The van der Waals surface area contributed by atoms with E-state index in [-0.39, 0.29) is 11.5 Å². The first-order chi connectivity index (χ1) is 10.3. The van der Waals surface area contributed by atoms with E-state index in [0.29, 0.717) is 12.0 Å². The molecular formula is C17H19NO3. The first kappa shape index (κ1) is 12.1. The van der Waals surface area contributed by atoms with E-state index in [4.69, 9.17) is 9.47 Å². The minimum Gasteiger partial charge on any atom is -0.493 e. The Hall–Kier alpha value is -1.52. The van der Waals surface area contributed by atoms with Gasteiger partial charge in [-0.1, -0.05) is 18.2 Å². The topological polar surface area (TPSA) is 50.7 Å². The Morgan fingerprint density at radius 3 is 3.14 bits per heavy atom. The van der Waals surface area contributed by atoms with Crippen molar-refractivity contribution in [2.75, 3.05) is 13.7 Å². The van der Waals surface area contributed by atoms with Crippen LogP contribution < -0.4 is 14.8 Å². The summed E-state index contributed by atoms with van der Waals surface area (Å²) in [4.78, 5) is 0. The van der Waals surface area contributed by atoms with Gasteiger partial charge >= 0.3 is 0 Å². The Bertz CT molecular complexity index is 656. The zero-order valence-electron chi connectivity index (χ0n) is 12.0. The van der Waals surface area contributed by atoms with Crippen molar-refractivity contribution in [3.63, 3.8) is 0 Å². The normalized spacial score (nSPS) is 41.4. The van der Waals surface area contributed by atoms with Gasteiger partial charge < -0.3 is 19.9 Å². The van der Waals surface area contributed by atoms with Crippen LogP contribution >= 0.6 is 0 Å². The molecule has 1 aromatic carbocycles. The van der Waals surface area contributed by atoms with Gasteiger partial charge in [-0.2, -0.15) is 0 Å². The minimum absolute atomic E-state index is 0.0818. The molecule has 4 heteroatoms. The highest BCUT2D eigenvalue weighted by atomic mass is 16.5. The number of piperidine rings is 1. The summed E-state index contributed by atoms with van der Waals surface area (Å²) in [5, 5.41) is 14.1. The van der Waals surface area contributed by atoms with Gasteiger partial charge in [0.05, 0.1) is 7.11 Å². The van der Waals surface area contributed by atoms with Crippen LogP contribution in [0.1, 0.15) is 17.5 Å². The Morgan fingerprint density at radius 1 is 1.38 bits per heavy atom. The molecule has 1 aromatic rings. The van der Waals surface area contributed by atoms with Gasteiger partial charge in [-0.05, 0) is 31.0 Å². The standard InChI is InChI=1S/C17H19NO3/c1-20-13-5-2-9-8-11-10-3-4-12(19)16-17(10,6-7-18-11)14(9)15(13)21-16/h2-5,10-12,16,18-19H,6-8H2,1H3/t10-,11+,12-,16?,17-/m0/s1. The first-order valence-electron chi connectivity index (χ1n) is 7.72. The number of aliphatic hydroxyl groups excluding tert-OH is 1. The van der Waals surface area contributed by atoms with Crippen LogP contribution in [0.15, 0.2) is 24.3 Å². The summed E-state index contributed by atoms with van der Waals surface area (Å²) in [6.07, 6.45) is 5.43. The van der Waals surface area contributed by atoms with Gasteiger partial charge in [0.15, 0.2) is 11.5 Å². The number of benzene rings is 1. The van der Waals surface area contributed by atoms with E-state index < -0.39 is 6.10 Å². The molecule has 2 bridgehead atoms. The van der Waals surface area contributed by atoms with E-state index in [2.05, 4.69) is 17.5 Å². The van der Waals surface area contributed by atoms with Crippen LogP contribution in [-0.4, -0.2) is 37.0 Å². The summed E-state index contributed by atoms with van der Waals surface area (Å²) in [6.45, 7) is 0.984. The summed E-state index contributed by atoms with van der Waals surface area (Å²) in [6, 6.07) is 4.62. The number of ether oxygens (including phenoxy) is 2. The van der Waals surface area contributed by atoms with Crippen molar-refractivity contribution in [3.05, 3.63) is 35.4 Å². The van der Waals surface area contributed by atoms with Gasteiger partial charge in [-0.25, -0.2) is 0 Å². The molecule has 2 aliphatic heterocycles. The number of hydrogen-bond acceptors (Lipinski definition) is 4. The lowest BCUT2D eigenvalue weighted by atomic mass is 9.54. The molecule has 1 saturated heterocycles. The summed E-state index contributed by atoms with van der Waals surface area (Å²) in [5.74, 6) is 2.06. The van der Waals surface area contributed by atoms with Crippen LogP contribution in [0.5, 0.6) is 11.5 Å². The van der Waals surface area contributed by atoms with Crippen molar-refractivity contribution in [1.29, 1.82) is 0 Å². The molecule has 1 spiro atoms. The molecule has 4 nitrogen and oxygen atoms in total. The van der Waals surface area contributed by atoms with Crippen molar-refractivity contribution < 1.29 is 14.6 Å². The van der Waals surface area contributed by atoms with Crippen LogP contribution in [0.25, 0.3) is 0 Å². The molecule has 0 radical (unpaired) electrons. The average Bonchev–Trinajstić information content (AvgIpc) is 2.83. The number of rotatable bonds is 1. The van der Waals surface area contributed by atoms with Crippen molar-refractivity contribution in [2.45, 2.75) is 36.5 Å². The number of aliphatic hydroxyl groups is 1. The Labute approximate surface area is 123 Å². The van der Waals surface area contributed by atoms with Crippen LogP contribution in [0, 0.1) is 5.92 Å². The van der Waals surface area contributed by atoms with Crippen LogP contribution in [0.4, 0.5) is 0 Å². The SMILES string of the molecule is COc1ccc2c3c1OC1[C@@H](O)C=C[C@H]4[C@@H](C2)NCC[C@]314. The van der Waals surface area contributed by atoms with E-state index >= 15 is 0 Å². The predicted octanol–water partition coefficient (Wildman–Crippen LogP) is 1.16. The third-order valence-corrected chi connectivity index (χ3v) is 5.88. The molecular weight excluding hydrogens is 266 g/mol. The molecule has 2 heterocycles. The van der Waals surface area contributed by atoms with E-state index in [1.807, 2.05) is 12.1 Å². The summed E-state index contributed by atoms with van der Waals surface area (Å²) in [7, 11) is 1.68. The first-order valence-corrected chi connectivity index (χ1v) is 7.72. The quantitative estimate of drug-likeness (QED) is 0.760. The molecule has 0 aromatic heterocycles. The lowest BCUT2D eigenvalue weighted by Gasteiger charge is -2.53. The summed E-state index contributed by atoms with van der Waals surface area (Å²) >= 11 is 0. The van der Waals surface area contributed by atoms with Gasteiger partial charge in [-0.3, -0.25) is 0 Å². The van der Waals surface area contributed by atoms with Crippen molar-refractivity contribution >= 4 is 0 Å². The molecule has 2 aliphatic carbocycles. The van der Waals surface area contributed by atoms with E-state index in [1.54, 1.807) is 7.11 Å². The third-order valence-electron chi connectivity index (χ3n) is 5.88. The van der Waals surface area contributed by atoms with Crippen LogP contribution in [-0.2, 0) is 11.8 Å². The smallest absolute Gasteiger partial charge is 0.165 e. The highest BCUT2D eigenvalue weighted by Crippen LogP contribution is 2.61. The molecule has 4 aliphatic rings. The zero-order valence-corrected chi connectivity index (χ0v) is 12.0. The summed E-state index contributed by atoms with van der Waals surface area (Å²) in [5.41, 5.74) is 2.57.